The van der Waals surface area contributed by atoms with Crippen molar-refractivity contribution in [1.29, 1.82) is 0 Å². The molecule has 1 heterocycles. The van der Waals surface area contributed by atoms with Gasteiger partial charge in [-0.05, 0) is 56.6 Å². The van der Waals surface area contributed by atoms with Gasteiger partial charge in [-0.25, -0.2) is 4.98 Å². The Morgan fingerprint density at radius 3 is 2.62 bits per heavy atom. The number of rotatable bonds is 9. The van der Waals surface area contributed by atoms with Gasteiger partial charge in [0.1, 0.15) is 0 Å². The zero-order valence-corrected chi connectivity index (χ0v) is 20.5. The number of fused-ring (bicyclic) bond motifs is 1. The van der Waals surface area contributed by atoms with Crippen LogP contribution in [0.2, 0.25) is 0 Å². The second-order valence-electron chi connectivity index (χ2n) is 6.72. The Morgan fingerprint density at radius 2 is 1.90 bits per heavy atom. The zero-order chi connectivity index (χ0) is 19.9. The SMILES string of the molecule is CN(C)CCN(C(=O)CCCSc1ccccc1)c1nc2ccc(Br)cc2s1.Cl. The molecule has 29 heavy (non-hydrogen) atoms. The highest BCUT2D eigenvalue weighted by Gasteiger charge is 2.19. The Morgan fingerprint density at radius 1 is 1.14 bits per heavy atom. The second-order valence-corrected chi connectivity index (χ2v) is 9.82. The van der Waals surface area contributed by atoms with Gasteiger partial charge in [0.25, 0.3) is 0 Å². The lowest BCUT2D eigenvalue weighted by Crippen LogP contribution is -2.36. The molecule has 0 saturated heterocycles. The summed E-state index contributed by atoms with van der Waals surface area (Å²) in [4.78, 5) is 22.9. The number of thiazole rings is 1. The summed E-state index contributed by atoms with van der Waals surface area (Å²) in [5.74, 6) is 1.08. The number of thioether (sulfide) groups is 1. The third kappa shape index (κ3) is 7.26. The molecule has 0 aliphatic rings. The third-order valence-electron chi connectivity index (χ3n) is 4.19. The zero-order valence-electron chi connectivity index (χ0n) is 16.5. The van der Waals surface area contributed by atoms with E-state index in [9.17, 15) is 4.79 Å². The van der Waals surface area contributed by atoms with Gasteiger partial charge in [0.05, 0.1) is 10.2 Å². The van der Waals surface area contributed by atoms with Gasteiger partial charge in [-0.2, -0.15) is 0 Å². The summed E-state index contributed by atoms with van der Waals surface area (Å²) in [7, 11) is 4.04. The molecule has 0 saturated carbocycles. The summed E-state index contributed by atoms with van der Waals surface area (Å²) in [6.07, 6.45) is 1.39. The summed E-state index contributed by atoms with van der Waals surface area (Å²) in [6.45, 7) is 1.46. The number of anilines is 1. The van der Waals surface area contributed by atoms with E-state index in [0.717, 1.165) is 38.5 Å². The van der Waals surface area contributed by atoms with Crippen LogP contribution in [-0.4, -0.2) is 48.7 Å². The molecular formula is C21H25BrClN3OS2. The maximum atomic E-state index is 13.0. The van der Waals surface area contributed by atoms with E-state index in [-0.39, 0.29) is 18.3 Å². The molecule has 0 atom stereocenters. The fourth-order valence-corrected chi connectivity index (χ4v) is 5.13. The molecule has 0 N–H and O–H groups in total. The van der Waals surface area contributed by atoms with Gasteiger partial charge >= 0.3 is 0 Å². The minimum absolute atomic E-state index is 0. The van der Waals surface area contributed by atoms with Crippen molar-refractivity contribution in [2.75, 3.05) is 37.8 Å². The molecular weight excluding hydrogens is 490 g/mol. The smallest absolute Gasteiger partial charge is 0.228 e. The summed E-state index contributed by atoms with van der Waals surface area (Å²) < 4.78 is 2.12. The highest BCUT2D eigenvalue weighted by Crippen LogP contribution is 2.31. The molecule has 156 valence electrons. The molecule has 2 aromatic carbocycles. The number of carbonyl (C=O) groups is 1. The van der Waals surface area contributed by atoms with Crippen molar-refractivity contribution in [3.8, 4) is 0 Å². The Labute approximate surface area is 195 Å². The van der Waals surface area contributed by atoms with Crippen molar-refractivity contribution in [2.45, 2.75) is 17.7 Å². The van der Waals surface area contributed by atoms with E-state index in [1.165, 1.54) is 4.90 Å². The Bertz CT molecular complexity index is 921. The standard InChI is InChI=1S/C21H24BrN3OS2.ClH/c1-24(2)12-13-25(21-23-18-11-10-16(22)15-19(18)28-21)20(26)9-6-14-27-17-7-4-3-5-8-17;/h3-5,7-8,10-11,15H,6,9,12-14H2,1-2H3;1H. The molecule has 8 heteroatoms. The fourth-order valence-electron chi connectivity index (χ4n) is 2.69. The number of hydrogen-bond donors (Lipinski definition) is 0. The molecule has 0 aliphatic heterocycles. The molecule has 0 aliphatic carbocycles. The van der Waals surface area contributed by atoms with Crippen LogP contribution in [0.1, 0.15) is 12.8 Å². The van der Waals surface area contributed by atoms with E-state index >= 15 is 0 Å². The van der Waals surface area contributed by atoms with E-state index in [1.54, 1.807) is 23.1 Å². The van der Waals surface area contributed by atoms with Crippen LogP contribution in [0, 0.1) is 0 Å². The van der Waals surface area contributed by atoms with E-state index < -0.39 is 0 Å². The van der Waals surface area contributed by atoms with Crippen LogP contribution in [-0.2, 0) is 4.79 Å². The number of nitrogens with zero attached hydrogens (tertiary/aromatic N) is 3. The molecule has 0 radical (unpaired) electrons. The van der Waals surface area contributed by atoms with Crippen molar-refractivity contribution in [3.63, 3.8) is 0 Å². The molecule has 4 nitrogen and oxygen atoms in total. The third-order valence-corrected chi connectivity index (χ3v) is 6.82. The fraction of sp³-hybridized carbons (Fsp3) is 0.333. The minimum atomic E-state index is 0. The highest BCUT2D eigenvalue weighted by atomic mass is 79.9. The van der Waals surface area contributed by atoms with E-state index in [2.05, 4.69) is 39.0 Å². The van der Waals surface area contributed by atoms with Crippen LogP contribution in [0.4, 0.5) is 5.13 Å². The van der Waals surface area contributed by atoms with Gasteiger partial charge < -0.3 is 4.90 Å². The summed E-state index contributed by atoms with van der Waals surface area (Å²) >= 11 is 6.88. The number of carbonyl (C=O) groups excluding carboxylic acids is 1. The minimum Gasteiger partial charge on any atom is -0.308 e. The summed E-state index contributed by atoms with van der Waals surface area (Å²) in [5, 5.41) is 0.788. The lowest BCUT2D eigenvalue weighted by atomic mass is 10.3. The number of benzene rings is 2. The lowest BCUT2D eigenvalue weighted by Gasteiger charge is -2.22. The Hall–Kier alpha value is -1.12. The van der Waals surface area contributed by atoms with Gasteiger partial charge in [-0.3, -0.25) is 9.69 Å². The quantitative estimate of drug-likeness (QED) is 0.261. The average Bonchev–Trinajstić information content (AvgIpc) is 3.08. The number of amides is 1. The van der Waals surface area contributed by atoms with Crippen LogP contribution >= 0.6 is 51.4 Å². The largest absolute Gasteiger partial charge is 0.308 e. The summed E-state index contributed by atoms with van der Waals surface area (Å²) in [6, 6.07) is 16.4. The van der Waals surface area contributed by atoms with Gasteiger partial charge in [0.2, 0.25) is 5.91 Å². The summed E-state index contributed by atoms with van der Waals surface area (Å²) in [5.41, 5.74) is 0.936. The van der Waals surface area contributed by atoms with E-state index in [1.807, 2.05) is 49.3 Å². The van der Waals surface area contributed by atoms with Crippen molar-refractivity contribution >= 4 is 72.7 Å². The monoisotopic (exact) mass is 513 g/mol. The van der Waals surface area contributed by atoms with Gasteiger partial charge in [0.15, 0.2) is 5.13 Å². The Kier molecular flexibility index (Phi) is 9.92. The van der Waals surface area contributed by atoms with Crippen LogP contribution in [0.15, 0.2) is 57.9 Å². The first-order chi connectivity index (χ1) is 13.5. The predicted molar refractivity (Wildman–Crippen MR) is 132 cm³/mol. The predicted octanol–water partition coefficient (Wildman–Crippen LogP) is 5.95. The van der Waals surface area contributed by atoms with Gasteiger partial charge in [0, 0.05) is 28.9 Å². The molecule has 1 aromatic heterocycles. The lowest BCUT2D eigenvalue weighted by molar-refractivity contribution is -0.118. The van der Waals surface area contributed by atoms with Crippen LogP contribution in [0.5, 0.6) is 0 Å². The molecule has 3 rings (SSSR count). The molecule has 0 bridgehead atoms. The van der Waals surface area contributed by atoms with Gasteiger partial charge in [-0.15, -0.1) is 24.2 Å². The number of hydrogen-bond acceptors (Lipinski definition) is 5. The molecule has 0 spiro atoms. The molecule has 0 unspecified atom stereocenters. The number of likely N-dealkylation sites (N-methyl/N-ethyl adjacent to an activating group) is 1. The topological polar surface area (TPSA) is 36.4 Å². The number of aromatic nitrogens is 1. The van der Waals surface area contributed by atoms with Crippen molar-refractivity contribution in [1.82, 2.24) is 9.88 Å². The van der Waals surface area contributed by atoms with Gasteiger partial charge in [-0.1, -0.05) is 45.5 Å². The van der Waals surface area contributed by atoms with Crippen molar-refractivity contribution in [2.24, 2.45) is 0 Å². The van der Waals surface area contributed by atoms with E-state index in [0.29, 0.717) is 13.0 Å². The molecule has 1 amide bonds. The maximum Gasteiger partial charge on any atom is 0.228 e. The molecule has 0 fully saturated rings. The second kappa shape index (κ2) is 11.9. The van der Waals surface area contributed by atoms with E-state index in [4.69, 9.17) is 4.98 Å². The first-order valence-electron chi connectivity index (χ1n) is 9.22. The average molecular weight is 515 g/mol. The van der Waals surface area contributed by atoms with Crippen LogP contribution in [0.25, 0.3) is 10.2 Å². The molecule has 3 aromatic rings. The first-order valence-corrected chi connectivity index (χ1v) is 11.8. The highest BCUT2D eigenvalue weighted by molar-refractivity contribution is 9.10. The van der Waals surface area contributed by atoms with Crippen molar-refractivity contribution in [3.05, 3.63) is 53.0 Å². The maximum absolute atomic E-state index is 13.0. The van der Waals surface area contributed by atoms with Crippen LogP contribution < -0.4 is 4.90 Å². The Balaban J connectivity index is 0.00000300. The first kappa shape index (κ1) is 24.2. The normalized spacial score (nSPS) is 10.9. The van der Waals surface area contributed by atoms with Crippen molar-refractivity contribution < 1.29 is 4.79 Å². The number of halogens is 2. The van der Waals surface area contributed by atoms with Crippen LogP contribution in [0.3, 0.4) is 0 Å².